The van der Waals surface area contributed by atoms with E-state index in [4.69, 9.17) is 0 Å². The Bertz CT molecular complexity index is 2020. The van der Waals surface area contributed by atoms with Gasteiger partial charge in [-0.15, -0.1) is 0 Å². The van der Waals surface area contributed by atoms with Gasteiger partial charge in [0, 0.05) is 12.1 Å². The van der Waals surface area contributed by atoms with Crippen molar-refractivity contribution < 1.29 is 10.2 Å². The van der Waals surface area contributed by atoms with Crippen LogP contribution in [-0.2, 0) is 11.1 Å². The number of benzene rings is 5. The van der Waals surface area contributed by atoms with Crippen LogP contribution in [0.1, 0.15) is 42.5 Å². The second-order valence-electron chi connectivity index (χ2n) is 14.3. The smallest absolute Gasteiger partial charge is 0.115 e. The number of aliphatic hydroxyl groups is 2. The topological polar surface area (TPSA) is 53.4 Å². The largest absolute Gasteiger partial charge is 0.393 e. The molecule has 3 aliphatic rings. The first-order valence-corrected chi connectivity index (χ1v) is 18.2. The Kier molecular flexibility index (Phi) is 8.74. The molecule has 0 radical (unpaired) electrons. The van der Waals surface area contributed by atoms with E-state index in [9.17, 15) is 10.2 Å². The van der Waals surface area contributed by atoms with Crippen molar-refractivity contribution in [2.75, 3.05) is 36.4 Å². The van der Waals surface area contributed by atoms with Gasteiger partial charge in [0.1, 0.15) is 16.7 Å². The van der Waals surface area contributed by atoms with Crippen LogP contribution in [0.3, 0.4) is 0 Å². The molecule has 0 amide bonds. The molecule has 0 spiro atoms. The first kappa shape index (κ1) is 33.6. The third kappa shape index (κ3) is 5.16. The molecule has 262 valence electrons. The van der Waals surface area contributed by atoms with Gasteiger partial charge in [0.05, 0.1) is 43.6 Å². The summed E-state index contributed by atoms with van der Waals surface area (Å²) in [6, 6.07) is 50.2. The van der Waals surface area contributed by atoms with Gasteiger partial charge in [0.15, 0.2) is 0 Å². The van der Waals surface area contributed by atoms with Crippen LogP contribution in [0.4, 0.5) is 11.4 Å². The molecular weight excluding hydrogens is 641 g/mol. The van der Waals surface area contributed by atoms with Gasteiger partial charge in [0.25, 0.3) is 0 Å². The zero-order valence-corrected chi connectivity index (χ0v) is 29.9. The first-order chi connectivity index (χ1) is 25.5. The van der Waals surface area contributed by atoms with E-state index in [1.807, 2.05) is 24.3 Å². The van der Waals surface area contributed by atoms with E-state index in [2.05, 4.69) is 179 Å². The Hall–Kier alpha value is -5.56. The fourth-order valence-electron chi connectivity index (χ4n) is 8.72. The molecule has 1 aliphatic carbocycles. The molecular formula is C46H46N4O2. The molecule has 2 N–H and O–H groups in total. The van der Waals surface area contributed by atoms with Gasteiger partial charge < -0.3 is 29.8 Å². The van der Waals surface area contributed by atoms with Crippen molar-refractivity contribution in [1.29, 1.82) is 0 Å². The minimum absolute atomic E-state index is 0.0903. The highest BCUT2D eigenvalue weighted by Gasteiger charge is 2.52. The lowest BCUT2D eigenvalue weighted by molar-refractivity contribution is 0.0437. The van der Waals surface area contributed by atoms with Crippen LogP contribution in [0.5, 0.6) is 0 Å². The highest BCUT2D eigenvalue weighted by Crippen LogP contribution is 2.51. The Morgan fingerprint density at radius 3 is 1.35 bits per heavy atom. The third-order valence-corrected chi connectivity index (χ3v) is 11.5. The summed E-state index contributed by atoms with van der Waals surface area (Å²) < 4.78 is 0. The van der Waals surface area contributed by atoms with E-state index in [0.29, 0.717) is 13.3 Å². The summed E-state index contributed by atoms with van der Waals surface area (Å²) in [5.41, 5.74) is 6.43. The number of anilines is 2. The Morgan fingerprint density at radius 1 is 0.481 bits per heavy atom. The van der Waals surface area contributed by atoms with Crippen molar-refractivity contribution in [2.45, 2.75) is 37.0 Å². The Balaban J connectivity index is 1.26. The van der Waals surface area contributed by atoms with Crippen LogP contribution in [0.15, 0.2) is 181 Å². The number of hydrogen-bond donors (Lipinski definition) is 2. The van der Waals surface area contributed by atoms with Crippen LogP contribution in [0.25, 0.3) is 0 Å². The van der Waals surface area contributed by atoms with Gasteiger partial charge in [-0.2, -0.15) is 0 Å². The maximum Gasteiger partial charge on any atom is 0.115 e. The van der Waals surface area contributed by atoms with Crippen LogP contribution in [0, 0.1) is 0 Å². The van der Waals surface area contributed by atoms with Gasteiger partial charge in [-0.3, -0.25) is 0 Å². The quantitative estimate of drug-likeness (QED) is 0.155. The third-order valence-electron chi connectivity index (χ3n) is 11.5. The summed E-state index contributed by atoms with van der Waals surface area (Å²) in [5, 5.41) is 23.2. The molecule has 0 bridgehead atoms. The summed E-state index contributed by atoms with van der Waals surface area (Å²) >= 11 is 0. The van der Waals surface area contributed by atoms with E-state index < -0.39 is 16.7 Å². The normalized spacial score (nSPS) is 16.0. The summed E-state index contributed by atoms with van der Waals surface area (Å²) in [6.45, 7) is 5.50. The molecule has 6 heteroatoms. The van der Waals surface area contributed by atoms with Gasteiger partial charge in [-0.1, -0.05) is 152 Å². The van der Waals surface area contributed by atoms with Gasteiger partial charge in [-0.05, 0) is 54.3 Å². The van der Waals surface area contributed by atoms with Crippen molar-refractivity contribution in [3.8, 4) is 0 Å². The lowest BCUT2D eigenvalue weighted by Crippen LogP contribution is -2.60. The Morgan fingerprint density at radius 2 is 0.885 bits per heavy atom. The van der Waals surface area contributed by atoms with Crippen LogP contribution >= 0.6 is 0 Å². The number of nitrogens with zero attached hydrogens (tertiary/aromatic N) is 4. The van der Waals surface area contributed by atoms with Crippen molar-refractivity contribution in [3.63, 3.8) is 0 Å². The molecule has 0 aromatic heterocycles. The number of rotatable bonds is 10. The predicted molar refractivity (Wildman–Crippen MR) is 210 cm³/mol. The standard InChI is InChI=1S/C46H46N4O2/c1-44(2,48-35-50(43-31-19-18-30-41(43)48)46(33-52,38-24-12-5-13-25-38)39-26-14-6-15-27-39)47-34-49(42-29-17-7-16-28-40(42)47)45(32-51,36-20-8-3-9-21-36)37-22-10-4-11-23-37/h3-28,30-31,51-52H,29,32-35H2,1-2H3. The SMILES string of the molecule is CC(C)(N1CN(C(CO)(c2ccccc2)c2ccccc2)C2=C1C=CC=CC2)N1CN(C(CO)(c2ccccc2)c2ccccc2)c2ccccc21. The summed E-state index contributed by atoms with van der Waals surface area (Å²) in [7, 11) is 0. The predicted octanol–water partition coefficient (Wildman–Crippen LogP) is 8.18. The van der Waals surface area contributed by atoms with Crippen molar-refractivity contribution >= 4 is 11.4 Å². The lowest BCUT2D eigenvalue weighted by atomic mass is 9.81. The van der Waals surface area contributed by atoms with E-state index in [1.165, 1.54) is 5.70 Å². The zero-order valence-electron chi connectivity index (χ0n) is 29.9. The molecule has 2 aliphatic heterocycles. The molecule has 6 nitrogen and oxygen atoms in total. The maximum absolute atomic E-state index is 11.6. The maximum atomic E-state index is 11.6. The fraction of sp³-hybridized carbons (Fsp3) is 0.217. The minimum Gasteiger partial charge on any atom is -0.393 e. The fourth-order valence-corrected chi connectivity index (χ4v) is 8.72. The molecule has 0 fully saturated rings. The van der Waals surface area contributed by atoms with Crippen molar-refractivity contribution in [1.82, 2.24) is 9.80 Å². The average Bonchev–Trinajstić information content (AvgIpc) is 3.69. The second-order valence-corrected chi connectivity index (χ2v) is 14.3. The van der Waals surface area contributed by atoms with E-state index >= 15 is 0 Å². The van der Waals surface area contributed by atoms with Crippen LogP contribution < -0.4 is 9.80 Å². The monoisotopic (exact) mass is 686 g/mol. The van der Waals surface area contributed by atoms with Gasteiger partial charge in [-0.25, -0.2) is 0 Å². The zero-order chi connectivity index (χ0) is 35.8. The second kappa shape index (κ2) is 13.5. The molecule has 0 saturated carbocycles. The number of fused-ring (bicyclic) bond motifs is 1. The number of allylic oxidation sites excluding steroid dienone is 4. The molecule has 2 heterocycles. The average molecular weight is 687 g/mol. The Labute approximate surface area is 307 Å². The van der Waals surface area contributed by atoms with E-state index in [-0.39, 0.29) is 13.2 Å². The van der Waals surface area contributed by atoms with Gasteiger partial charge in [0.2, 0.25) is 0 Å². The summed E-state index contributed by atoms with van der Waals surface area (Å²) in [6.07, 6.45) is 9.42. The number of para-hydroxylation sites is 2. The molecule has 0 saturated heterocycles. The van der Waals surface area contributed by atoms with E-state index in [1.54, 1.807) is 0 Å². The molecule has 0 unspecified atom stereocenters. The molecule has 0 atom stereocenters. The molecule has 52 heavy (non-hydrogen) atoms. The summed E-state index contributed by atoms with van der Waals surface area (Å²) in [5.74, 6) is 0. The highest BCUT2D eigenvalue weighted by atomic mass is 16.3. The number of aliphatic hydroxyl groups excluding tert-OH is 2. The minimum atomic E-state index is -0.830. The van der Waals surface area contributed by atoms with Crippen LogP contribution in [-0.4, -0.2) is 52.2 Å². The van der Waals surface area contributed by atoms with Crippen LogP contribution in [0.2, 0.25) is 0 Å². The van der Waals surface area contributed by atoms with E-state index in [0.717, 1.165) is 45.7 Å². The number of hydrogen-bond acceptors (Lipinski definition) is 6. The molecule has 5 aromatic rings. The highest BCUT2D eigenvalue weighted by molar-refractivity contribution is 5.79. The lowest BCUT2D eigenvalue weighted by Gasteiger charge is -2.49. The molecule has 5 aromatic carbocycles. The van der Waals surface area contributed by atoms with Gasteiger partial charge >= 0.3 is 0 Å². The van der Waals surface area contributed by atoms with Crippen molar-refractivity contribution in [3.05, 3.63) is 204 Å². The first-order valence-electron chi connectivity index (χ1n) is 18.2. The summed E-state index contributed by atoms with van der Waals surface area (Å²) in [4.78, 5) is 9.79. The molecule has 8 rings (SSSR count). The van der Waals surface area contributed by atoms with Crippen molar-refractivity contribution in [2.24, 2.45) is 0 Å².